The first-order chi connectivity index (χ1) is 13.2. The summed E-state index contributed by atoms with van der Waals surface area (Å²) in [4.78, 5) is 15.3. The van der Waals surface area contributed by atoms with E-state index < -0.39 is 18.6 Å². The molecule has 3 N–H and O–H groups in total. The molecule has 1 aromatic heterocycles. The zero-order valence-corrected chi connectivity index (χ0v) is 15.7. The molecule has 0 saturated carbocycles. The molecule has 2 aliphatic heterocycles. The molecule has 28 heavy (non-hydrogen) atoms. The molecule has 2 aromatic rings. The van der Waals surface area contributed by atoms with Gasteiger partial charge in [-0.2, -0.15) is 18.3 Å². The van der Waals surface area contributed by atoms with Crippen molar-refractivity contribution in [3.8, 4) is 0 Å². The maximum absolute atomic E-state index is 12.9. The van der Waals surface area contributed by atoms with Gasteiger partial charge in [0.15, 0.2) is 5.69 Å². The number of benzene rings is 1. The van der Waals surface area contributed by atoms with Gasteiger partial charge >= 0.3 is 6.18 Å². The SMILES string of the molecule is CCCC12CCN1C[C@@H](NC(=O)c1nn(CC(F)(F)F)c3ccc(N)cc13)C2. The molecule has 0 bridgehead atoms. The maximum Gasteiger partial charge on any atom is 0.408 e. The summed E-state index contributed by atoms with van der Waals surface area (Å²) < 4.78 is 39.5. The Balaban J connectivity index is 1.58. The molecule has 2 atom stereocenters. The van der Waals surface area contributed by atoms with Crippen LogP contribution in [-0.4, -0.2) is 51.4 Å². The number of nitrogens with two attached hydrogens (primary N) is 1. The van der Waals surface area contributed by atoms with Crippen LogP contribution in [0.2, 0.25) is 0 Å². The summed E-state index contributed by atoms with van der Waals surface area (Å²) in [5, 5.41) is 7.31. The molecule has 0 aliphatic carbocycles. The predicted octanol–water partition coefficient (Wildman–Crippen LogP) is 2.93. The number of halogens is 3. The molecule has 2 aliphatic rings. The third kappa shape index (κ3) is 3.32. The number of fused-ring (bicyclic) bond motifs is 2. The van der Waals surface area contributed by atoms with Crippen LogP contribution in [0.4, 0.5) is 18.9 Å². The Hall–Kier alpha value is -2.29. The minimum atomic E-state index is -4.43. The maximum atomic E-state index is 12.9. The van der Waals surface area contributed by atoms with Gasteiger partial charge in [0.25, 0.3) is 5.91 Å². The first-order valence-corrected chi connectivity index (χ1v) is 9.59. The van der Waals surface area contributed by atoms with Crippen LogP contribution in [-0.2, 0) is 6.54 Å². The molecular formula is C19H24F3N5O. The Morgan fingerprint density at radius 3 is 2.86 bits per heavy atom. The van der Waals surface area contributed by atoms with Gasteiger partial charge in [-0.05, 0) is 37.5 Å². The monoisotopic (exact) mass is 395 g/mol. The lowest BCUT2D eigenvalue weighted by molar-refractivity contribution is -0.141. The second-order valence-electron chi connectivity index (χ2n) is 7.94. The van der Waals surface area contributed by atoms with Crippen molar-refractivity contribution in [1.29, 1.82) is 0 Å². The standard InChI is InChI=1S/C19H24F3N5O/c1-2-5-18-6-7-26(18)10-13(9-18)24-17(28)16-14-8-12(23)3-4-15(14)27(25-16)11-19(20,21)22/h3-4,8,13H,2,5-7,9-11,23H2,1H3,(H,24,28)/t13-,18?/m0/s1. The number of hydrogen-bond acceptors (Lipinski definition) is 4. The predicted molar refractivity (Wildman–Crippen MR) is 99.9 cm³/mol. The van der Waals surface area contributed by atoms with Crippen molar-refractivity contribution in [1.82, 2.24) is 20.0 Å². The quantitative estimate of drug-likeness (QED) is 0.764. The summed E-state index contributed by atoms with van der Waals surface area (Å²) in [7, 11) is 0. The highest BCUT2D eigenvalue weighted by atomic mass is 19.4. The third-order valence-electron chi connectivity index (χ3n) is 5.95. The lowest BCUT2D eigenvalue weighted by Gasteiger charge is -2.48. The van der Waals surface area contributed by atoms with E-state index in [0.717, 1.165) is 43.5 Å². The van der Waals surface area contributed by atoms with Crippen LogP contribution in [0.25, 0.3) is 10.9 Å². The molecular weight excluding hydrogens is 371 g/mol. The molecule has 152 valence electrons. The second kappa shape index (κ2) is 6.65. The summed E-state index contributed by atoms with van der Waals surface area (Å²) in [6.07, 6.45) is -0.247. The van der Waals surface area contributed by atoms with Gasteiger partial charge in [-0.15, -0.1) is 0 Å². The number of nitrogens with zero attached hydrogens (tertiary/aromatic N) is 3. The zero-order chi connectivity index (χ0) is 20.1. The van der Waals surface area contributed by atoms with E-state index in [2.05, 4.69) is 22.2 Å². The molecule has 0 radical (unpaired) electrons. The van der Waals surface area contributed by atoms with Crippen molar-refractivity contribution < 1.29 is 18.0 Å². The van der Waals surface area contributed by atoms with Gasteiger partial charge < -0.3 is 11.1 Å². The lowest BCUT2D eigenvalue weighted by atomic mass is 9.80. The number of aromatic nitrogens is 2. The van der Waals surface area contributed by atoms with Crippen molar-refractivity contribution in [2.24, 2.45) is 0 Å². The Kier molecular flexibility index (Phi) is 4.52. The fourth-order valence-electron chi connectivity index (χ4n) is 4.75. The highest BCUT2D eigenvalue weighted by Crippen LogP contribution is 2.43. The number of rotatable bonds is 5. The van der Waals surface area contributed by atoms with E-state index in [1.807, 2.05) is 0 Å². The van der Waals surface area contributed by atoms with Crippen LogP contribution >= 0.6 is 0 Å². The normalized spacial score (nSPS) is 24.9. The first-order valence-electron chi connectivity index (χ1n) is 9.59. The minimum absolute atomic E-state index is 0.00895. The summed E-state index contributed by atoms with van der Waals surface area (Å²) in [6, 6.07) is 4.46. The van der Waals surface area contributed by atoms with Crippen molar-refractivity contribution >= 4 is 22.5 Å². The molecule has 9 heteroatoms. The van der Waals surface area contributed by atoms with E-state index in [1.165, 1.54) is 18.2 Å². The van der Waals surface area contributed by atoms with Gasteiger partial charge in [0.05, 0.1) is 5.52 Å². The molecule has 1 unspecified atom stereocenters. The van der Waals surface area contributed by atoms with Gasteiger partial charge in [-0.3, -0.25) is 14.4 Å². The summed E-state index contributed by atoms with van der Waals surface area (Å²) in [5.74, 6) is -0.448. The number of hydrogen-bond donors (Lipinski definition) is 2. The first kappa shape index (κ1) is 19.0. The Labute approximate surface area is 160 Å². The minimum Gasteiger partial charge on any atom is -0.399 e. The van der Waals surface area contributed by atoms with Gasteiger partial charge in [0.1, 0.15) is 6.54 Å². The van der Waals surface area contributed by atoms with Crippen LogP contribution in [0.1, 0.15) is 43.1 Å². The topological polar surface area (TPSA) is 76.2 Å². The Bertz CT molecular complexity index is 909. The van der Waals surface area contributed by atoms with E-state index in [0.29, 0.717) is 11.1 Å². The average molecular weight is 395 g/mol. The fraction of sp³-hybridized carbons (Fsp3) is 0.579. The summed E-state index contributed by atoms with van der Waals surface area (Å²) in [6.45, 7) is 2.71. The Morgan fingerprint density at radius 1 is 1.43 bits per heavy atom. The van der Waals surface area contributed by atoms with E-state index in [9.17, 15) is 18.0 Å². The van der Waals surface area contributed by atoms with E-state index >= 15 is 0 Å². The third-order valence-corrected chi connectivity index (χ3v) is 5.95. The molecule has 4 rings (SSSR count). The van der Waals surface area contributed by atoms with E-state index in [1.54, 1.807) is 0 Å². The van der Waals surface area contributed by atoms with E-state index in [-0.39, 0.29) is 22.8 Å². The van der Waals surface area contributed by atoms with Crippen LogP contribution in [0, 0.1) is 0 Å². The number of amides is 1. The van der Waals surface area contributed by atoms with Crippen LogP contribution in [0.5, 0.6) is 0 Å². The fourth-order valence-corrected chi connectivity index (χ4v) is 4.75. The van der Waals surface area contributed by atoms with Crippen molar-refractivity contribution in [2.45, 2.75) is 56.9 Å². The largest absolute Gasteiger partial charge is 0.408 e. The van der Waals surface area contributed by atoms with Crippen LogP contribution in [0.15, 0.2) is 18.2 Å². The molecule has 1 amide bonds. The number of nitrogen functional groups attached to an aromatic ring is 1. The van der Waals surface area contributed by atoms with Crippen molar-refractivity contribution in [3.63, 3.8) is 0 Å². The Morgan fingerprint density at radius 2 is 2.21 bits per heavy atom. The molecule has 0 spiro atoms. The number of anilines is 1. The second-order valence-corrected chi connectivity index (χ2v) is 7.94. The smallest absolute Gasteiger partial charge is 0.399 e. The van der Waals surface area contributed by atoms with Gasteiger partial charge in [0.2, 0.25) is 0 Å². The highest BCUT2D eigenvalue weighted by Gasteiger charge is 2.51. The zero-order valence-electron chi connectivity index (χ0n) is 15.7. The summed E-state index contributed by atoms with van der Waals surface area (Å²) in [5.41, 5.74) is 6.58. The van der Waals surface area contributed by atoms with E-state index in [4.69, 9.17) is 5.73 Å². The lowest BCUT2D eigenvalue weighted by Crippen LogP contribution is -2.55. The number of nitrogens with one attached hydrogen (secondary N) is 1. The number of carbonyl (C=O) groups is 1. The van der Waals surface area contributed by atoms with Gasteiger partial charge in [-0.25, -0.2) is 0 Å². The molecule has 6 nitrogen and oxygen atoms in total. The molecule has 1 aromatic carbocycles. The number of carbonyl (C=O) groups excluding carboxylic acids is 1. The molecule has 2 saturated heterocycles. The van der Waals surface area contributed by atoms with Gasteiger partial charge in [0, 0.05) is 35.7 Å². The van der Waals surface area contributed by atoms with Gasteiger partial charge in [-0.1, -0.05) is 13.3 Å². The van der Waals surface area contributed by atoms with Crippen molar-refractivity contribution in [3.05, 3.63) is 23.9 Å². The highest BCUT2D eigenvalue weighted by molar-refractivity contribution is 6.05. The van der Waals surface area contributed by atoms with Crippen LogP contribution in [0.3, 0.4) is 0 Å². The average Bonchev–Trinajstić information content (AvgIpc) is 3.04. The van der Waals surface area contributed by atoms with Crippen molar-refractivity contribution in [2.75, 3.05) is 18.8 Å². The number of alkyl halides is 3. The van der Waals surface area contributed by atoms with Crippen LogP contribution < -0.4 is 11.1 Å². The molecule has 3 heterocycles. The molecule has 2 fully saturated rings. The summed E-state index contributed by atoms with van der Waals surface area (Å²) >= 11 is 0.